The standard InChI is InChI=1S/C17H29N3O/c1-13-10-20(11-14(2)19(13)4)12-16(18-3)15-8-6-7-9-17(15)21-5/h6-9,13-14,16,18H,10-12H2,1-5H3. The molecule has 3 unspecified atom stereocenters. The number of rotatable bonds is 5. The maximum Gasteiger partial charge on any atom is 0.123 e. The number of likely N-dealkylation sites (N-methyl/N-ethyl adjacent to an activating group) is 2. The molecule has 4 heteroatoms. The molecule has 1 aromatic carbocycles. The predicted octanol–water partition coefficient (Wildman–Crippen LogP) is 1.98. The van der Waals surface area contributed by atoms with Gasteiger partial charge in [-0.15, -0.1) is 0 Å². The fraction of sp³-hybridized carbons (Fsp3) is 0.647. The van der Waals surface area contributed by atoms with Crippen LogP contribution in [0.2, 0.25) is 0 Å². The van der Waals surface area contributed by atoms with Gasteiger partial charge in [0.15, 0.2) is 0 Å². The lowest BCUT2D eigenvalue weighted by atomic mass is 10.0. The minimum atomic E-state index is 0.295. The largest absolute Gasteiger partial charge is 0.496 e. The number of nitrogens with zero attached hydrogens (tertiary/aromatic N) is 2. The average Bonchev–Trinajstić information content (AvgIpc) is 2.50. The van der Waals surface area contributed by atoms with Gasteiger partial charge < -0.3 is 10.1 Å². The number of ether oxygens (including phenoxy) is 1. The summed E-state index contributed by atoms with van der Waals surface area (Å²) in [7, 11) is 5.99. The number of benzene rings is 1. The Labute approximate surface area is 129 Å². The Morgan fingerprint density at radius 2 is 1.86 bits per heavy atom. The van der Waals surface area contributed by atoms with Gasteiger partial charge in [0.2, 0.25) is 0 Å². The molecule has 1 aromatic rings. The van der Waals surface area contributed by atoms with E-state index in [2.05, 4.69) is 48.1 Å². The van der Waals surface area contributed by atoms with Crippen LogP contribution in [-0.2, 0) is 0 Å². The minimum Gasteiger partial charge on any atom is -0.496 e. The fourth-order valence-electron chi connectivity index (χ4n) is 3.22. The van der Waals surface area contributed by atoms with E-state index in [4.69, 9.17) is 4.74 Å². The van der Waals surface area contributed by atoms with Gasteiger partial charge in [-0.2, -0.15) is 0 Å². The van der Waals surface area contributed by atoms with Crippen LogP contribution in [0, 0.1) is 0 Å². The molecule has 118 valence electrons. The Hall–Kier alpha value is -1.10. The number of hydrogen-bond donors (Lipinski definition) is 1. The molecule has 2 rings (SSSR count). The van der Waals surface area contributed by atoms with E-state index in [0.29, 0.717) is 18.1 Å². The summed E-state index contributed by atoms with van der Waals surface area (Å²) in [5.41, 5.74) is 1.24. The molecule has 0 radical (unpaired) electrons. The van der Waals surface area contributed by atoms with Crippen molar-refractivity contribution >= 4 is 0 Å². The lowest BCUT2D eigenvalue weighted by Crippen LogP contribution is -2.56. The molecule has 3 atom stereocenters. The van der Waals surface area contributed by atoms with E-state index in [1.54, 1.807) is 7.11 Å². The molecule has 0 aromatic heterocycles. The van der Waals surface area contributed by atoms with E-state index in [-0.39, 0.29) is 0 Å². The SMILES string of the molecule is CNC(CN1CC(C)N(C)C(C)C1)c1ccccc1OC. The Morgan fingerprint density at radius 1 is 1.24 bits per heavy atom. The van der Waals surface area contributed by atoms with Crippen LogP contribution in [0.25, 0.3) is 0 Å². The van der Waals surface area contributed by atoms with Crippen molar-refractivity contribution in [3.05, 3.63) is 29.8 Å². The Balaban J connectivity index is 2.09. The van der Waals surface area contributed by atoms with Gasteiger partial charge in [-0.05, 0) is 34.0 Å². The normalized spacial score (nSPS) is 25.8. The minimum absolute atomic E-state index is 0.295. The molecule has 0 saturated carbocycles. The van der Waals surface area contributed by atoms with Gasteiger partial charge in [0.05, 0.1) is 7.11 Å². The topological polar surface area (TPSA) is 27.7 Å². The summed E-state index contributed by atoms with van der Waals surface area (Å²) in [6.07, 6.45) is 0. The molecule has 0 bridgehead atoms. The highest BCUT2D eigenvalue weighted by atomic mass is 16.5. The first-order chi connectivity index (χ1) is 10.1. The van der Waals surface area contributed by atoms with Gasteiger partial charge in [0, 0.05) is 43.3 Å². The van der Waals surface area contributed by atoms with Crippen molar-refractivity contribution in [1.29, 1.82) is 0 Å². The van der Waals surface area contributed by atoms with Gasteiger partial charge in [-0.3, -0.25) is 9.80 Å². The number of methoxy groups -OCH3 is 1. The molecule has 1 fully saturated rings. The summed E-state index contributed by atoms with van der Waals surface area (Å²) in [6, 6.07) is 9.79. The second-order valence-corrected chi connectivity index (χ2v) is 6.17. The first-order valence-corrected chi connectivity index (χ1v) is 7.81. The van der Waals surface area contributed by atoms with Gasteiger partial charge in [0.25, 0.3) is 0 Å². The quantitative estimate of drug-likeness (QED) is 0.898. The van der Waals surface area contributed by atoms with Crippen LogP contribution in [0.4, 0.5) is 0 Å². The molecular formula is C17H29N3O. The highest BCUT2D eigenvalue weighted by molar-refractivity contribution is 5.36. The number of nitrogens with one attached hydrogen (secondary N) is 1. The monoisotopic (exact) mass is 291 g/mol. The van der Waals surface area contributed by atoms with E-state index in [1.165, 1.54) is 5.56 Å². The molecule has 1 heterocycles. The predicted molar refractivity (Wildman–Crippen MR) is 87.9 cm³/mol. The molecule has 1 saturated heterocycles. The molecule has 0 aliphatic carbocycles. The Kier molecular flexibility index (Phi) is 5.62. The zero-order valence-corrected chi connectivity index (χ0v) is 14.0. The maximum absolute atomic E-state index is 5.51. The third kappa shape index (κ3) is 3.76. The second-order valence-electron chi connectivity index (χ2n) is 6.17. The summed E-state index contributed by atoms with van der Waals surface area (Å²) in [5, 5.41) is 3.45. The maximum atomic E-state index is 5.51. The van der Waals surface area contributed by atoms with Crippen molar-refractivity contribution in [2.45, 2.75) is 32.0 Å². The van der Waals surface area contributed by atoms with E-state index in [1.807, 2.05) is 19.2 Å². The van der Waals surface area contributed by atoms with Crippen molar-refractivity contribution in [2.75, 3.05) is 40.8 Å². The van der Waals surface area contributed by atoms with Crippen LogP contribution < -0.4 is 10.1 Å². The Bertz CT molecular complexity index is 439. The highest BCUT2D eigenvalue weighted by Gasteiger charge is 2.28. The second kappa shape index (κ2) is 7.25. The first kappa shape index (κ1) is 16.3. The molecule has 1 N–H and O–H groups in total. The van der Waals surface area contributed by atoms with Gasteiger partial charge >= 0.3 is 0 Å². The number of para-hydroxylation sites is 1. The summed E-state index contributed by atoms with van der Waals surface area (Å²) in [5.74, 6) is 0.965. The zero-order valence-electron chi connectivity index (χ0n) is 14.0. The van der Waals surface area contributed by atoms with Crippen LogP contribution in [0.5, 0.6) is 5.75 Å². The molecule has 0 amide bonds. The smallest absolute Gasteiger partial charge is 0.123 e. The third-order valence-corrected chi connectivity index (χ3v) is 4.74. The van der Waals surface area contributed by atoms with Crippen molar-refractivity contribution in [3.63, 3.8) is 0 Å². The van der Waals surface area contributed by atoms with Gasteiger partial charge in [-0.1, -0.05) is 18.2 Å². The lowest BCUT2D eigenvalue weighted by Gasteiger charge is -2.43. The van der Waals surface area contributed by atoms with Gasteiger partial charge in [0.1, 0.15) is 5.75 Å². The van der Waals surface area contributed by atoms with Crippen LogP contribution in [0.3, 0.4) is 0 Å². The highest BCUT2D eigenvalue weighted by Crippen LogP contribution is 2.26. The molecule has 1 aliphatic rings. The molecule has 21 heavy (non-hydrogen) atoms. The summed E-state index contributed by atoms with van der Waals surface area (Å²) >= 11 is 0. The molecule has 4 nitrogen and oxygen atoms in total. The fourth-order valence-corrected chi connectivity index (χ4v) is 3.22. The van der Waals surface area contributed by atoms with E-state index >= 15 is 0 Å². The summed E-state index contributed by atoms with van der Waals surface area (Å²) in [4.78, 5) is 5.02. The third-order valence-electron chi connectivity index (χ3n) is 4.74. The summed E-state index contributed by atoms with van der Waals surface area (Å²) in [6.45, 7) is 7.86. The van der Waals surface area contributed by atoms with E-state index in [0.717, 1.165) is 25.4 Å². The molecule has 1 aliphatic heterocycles. The van der Waals surface area contributed by atoms with Crippen molar-refractivity contribution in [1.82, 2.24) is 15.1 Å². The van der Waals surface area contributed by atoms with Crippen molar-refractivity contribution in [3.8, 4) is 5.75 Å². The van der Waals surface area contributed by atoms with Crippen LogP contribution >= 0.6 is 0 Å². The Morgan fingerprint density at radius 3 is 2.43 bits per heavy atom. The van der Waals surface area contributed by atoms with Crippen LogP contribution in [-0.4, -0.2) is 62.7 Å². The number of piperazine rings is 1. The lowest BCUT2D eigenvalue weighted by molar-refractivity contribution is 0.0546. The van der Waals surface area contributed by atoms with E-state index < -0.39 is 0 Å². The van der Waals surface area contributed by atoms with E-state index in [9.17, 15) is 0 Å². The molecular weight excluding hydrogens is 262 g/mol. The number of hydrogen-bond acceptors (Lipinski definition) is 4. The first-order valence-electron chi connectivity index (χ1n) is 7.81. The van der Waals surface area contributed by atoms with Crippen LogP contribution in [0.15, 0.2) is 24.3 Å². The average molecular weight is 291 g/mol. The van der Waals surface area contributed by atoms with Crippen LogP contribution in [0.1, 0.15) is 25.5 Å². The van der Waals surface area contributed by atoms with Crippen molar-refractivity contribution in [2.24, 2.45) is 0 Å². The zero-order chi connectivity index (χ0) is 15.4. The summed E-state index contributed by atoms with van der Waals surface area (Å²) < 4.78 is 5.51. The van der Waals surface area contributed by atoms with Crippen molar-refractivity contribution < 1.29 is 4.74 Å². The molecule has 0 spiro atoms. The van der Waals surface area contributed by atoms with Gasteiger partial charge in [-0.25, -0.2) is 0 Å².